The minimum atomic E-state index is 0.236. The fraction of sp³-hybridized carbons (Fsp3) is 0.647. The van der Waals surface area contributed by atoms with Crippen LogP contribution in [-0.2, 0) is 16.7 Å². The van der Waals surface area contributed by atoms with Gasteiger partial charge in [-0.15, -0.1) is 0 Å². The first-order valence-electron chi connectivity index (χ1n) is 7.54. The molecule has 0 heterocycles. The Morgan fingerprint density at radius 3 is 2.20 bits per heavy atom. The van der Waals surface area contributed by atoms with Crippen LogP contribution in [0.5, 0.6) is 0 Å². The second-order valence-corrected chi connectivity index (χ2v) is 6.22. The molecule has 0 unspecified atom stereocenters. The van der Waals surface area contributed by atoms with E-state index in [0.717, 1.165) is 39.2 Å². The van der Waals surface area contributed by atoms with Gasteiger partial charge in [-0.2, -0.15) is 0 Å². The SMILES string of the molecule is COCCNCCCNCc1ccc(C(C)(C)C)cc1. The van der Waals surface area contributed by atoms with Gasteiger partial charge in [0.05, 0.1) is 6.61 Å². The maximum absolute atomic E-state index is 4.98. The number of hydrogen-bond acceptors (Lipinski definition) is 3. The van der Waals surface area contributed by atoms with E-state index in [9.17, 15) is 0 Å². The summed E-state index contributed by atoms with van der Waals surface area (Å²) in [6, 6.07) is 8.93. The second kappa shape index (κ2) is 9.11. The van der Waals surface area contributed by atoms with Crippen LogP contribution >= 0.6 is 0 Å². The molecule has 3 nitrogen and oxygen atoms in total. The summed E-state index contributed by atoms with van der Waals surface area (Å²) in [5.74, 6) is 0. The number of methoxy groups -OCH3 is 1. The van der Waals surface area contributed by atoms with Gasteiger partial charge in [-0.1, -0.05) is 45.0 Å². The van der Waals surface area contributed by atoms with Crippen LogP contribution in [-0.4, -0.2) is 33.4 Å². The molecule has 0 aliphatic carbocycles. The largest absolute Gasteiger partial charge is 0.383 e. The van der Waals surface area contributed by atoms with Crippen LogP contribution in [0, 0.1) is 0 Å². The normalized spacial score (nSPS) is 11.8. The zero-order valence-corrected chi connectivity index (χ0v) is 13.5. The van der Waals surface area contributed by atoms with Crippen molar-refractivity contribution in [2.45, 2.75) is 39.2 Å². The van der Waals surface area contributed by atoms with Crippen molar-refractivity contribution in [3.05, 3.63) is 35.4 Å². The fourth-order valence-corrected chi connectivity index (χ4v) is 1.99. The highest BCUT2D eigenvalue weighted by Gasteiger charge is 2.12. The molecule has 0 atom stereocenters. The molecule has 2 N–H and O–H groups in total. The number of benzene rings is 1. The summed E-state index contributed by atoms with van der Waals surface area (Å²) in [7, 11) is 1.73. The van der Waals surface area contributed by atoms with E-state index in [1.165, 1.54) is 11.1 Å². The van der Waals surface area contributed by atoms with Crippen molar-refractivity contribution in [2.75, 3.05) is 33.4 Å². The van der Waals surface area contributed by atoms with E-state index in [4.69, 9.17) is 4.74 Å². The first kappa shape index (κ1) is 17.2. The van der Waals surface area contributed by atoms with Crippen molar-refractivity contribution in [2.24, 2.45) is 0 Å². The quantitative estimate of drug-likeness (QED) is 0.681. The molecule has 0 aromatic heterocycles. The molecular formula is C17H30N2O. The molecule has 1 aromatic rings. The molecule has 0 saturated carbocycles. The van der Waals surface area contributed by atoms with Crippen molar-refractivity contribution in [1.82, 2.24) is 10.6 Å². The number of nitrogens with one attached hydrogen (secondary N) is 2. The molecule has 0 amide bonds. The Morgan fingerprint density at radius 1 is 0.950 bits per heavy atom. The molecule has 0 fully saturated rings. The first-order chi connectivity index (χ1) is 9.54. The Morgan fingerprint density at radius 2 is 1.60 bits per heavy atom. The second-order valence-electron chi connectivity index (χ2n) is 6.22. The lowest BCUT2D eigenvalue weighted by Crippen LogP contribution is -2.24. The third-order valence-electron chi connectivity index (χ3n) is 3.34. The molecule has 0 saturated heterocycles. The Kier molecular flexibility index (Phi) is 7.82. The average molecular weight is 278 g/mol. The molecule has 114 valence electrons. The fourth-order valence-electron chi connectivity index (χ4n) is 1.99. The van der Waals surface area contributed by atoms with Gasteiger partial charge >= 0.3 is 0 Å². The Labute approximate surface area is 124 Å². The van der Waals surface area contributed by atoms with Crippen molar-refractivity contribution in [1.29, 1.82) is 0 Å². The minimum absolute atomic E-state index is 0.236. The summed E-state index contributed by atoms with van der Waals surface area (Å²) in [4.78, 5) is 0. The predicted octanol–water partition coefficient (Wildman–Crippen LogP) is 2.70. The summed E-state index contributed by atoms with van der Waals surface area (Å²) in [6.07, 6.45) is 1.14. The summed E-state index contributed by atoms with van der Waals surface area (Å²) >= 11 is 0. The summed E-state index contributed by atoms with van der Waals surface area (Å²) in [6.45, 7) is 11.5. The van der Waals surface area contributed by atoms with Crippen molar-refractivity contribution >= 4 is 0 Å². The van der Waals surface area contributed by atoms with Crippen LogP contribution < -0.4 is 10.6 Å². The van der Waals surface area contributed by atoms with Gasteiger partial charge < -0.3 is 15.4 Å². The monoisotopic (exact) mass is 278 g/mol. The third kappa shape index (κ3) is 7.04. The van der Waals surface area contributed by atoms with Gasteiger partial charge in [0, 0.05) is 20.2 Å². The van der Waals surface area contributed by atoms with Crippen molar-refractivity contribution in [3.63, 3.8) is 0 Å². The zero-order valence-electron chi connectivity index (χ0n) is 13.5. The van der Waals surface area contributed by atoms with E-state index in [1.807, 2.05) is 0 Å². The Hall–Kier alpha value is -0.900. The molecule has 20 heavy (non-hydrogen) atoms. The third-order valence-corrected chi connectivity index (χ3v) is 3.34. The maximum Gasteiger partial charge on any atom is 0.0587 e. The minimum Gasteiger partial charge on any atom is -0.383 e. The van der Waals surface area contributed by atoms with E-state index < -0.39 is 0 Å². The van der Waals surface area contributed by atoms with Gasteiger partial charge in [-0.05, 0) is 36.1 Å². The summed E-state index contributed by atoms with van der Waals surface area (Å²) < 4.78 is 4.98. The van der Waals surface area contributed by atoms with Gasteiger partial charge in [0.15, 0.2) is 0 Å². The van der Waals surface area contributed by atoms with Crippen LogP contribution in [0.3, 0.4) is 0 Å². The lowest BCUT2D eigenvalue weighted by Gasteiger charge is -2.19. The molecule has 0 aliphatic heterocycles. The molecule has 1 aromatic carbocycles. The zero-order chi connectivity index (χ0) is 14.8. The molecule has 0 radical (unpaired) electrons. The van der Waals surface area contributed by atoms with Crippen LogP contribution in [0.4, 0.5) is 0 Å². The Bertz CT molecular complexity index is 354. The van der Waals surface area contributed by atoms with Gasteiger partial charge in [-0.25, -0.2) is 0 Å². The average Bonchev–Trinajstić information content (AvgIpc) is 2.41. The smallest absolute Gasteiger partial charge is 0.0587 e. The first-order valence-corrected chi connectivity index (χ1v) is 7.54. The van der Waals surface area contributed by atoms with Gasteiger partial charge in [0.2, 0.25) is 0 Å². The molecule has 1 rings (SSSR count). The van der Waals surface area contributed by atoms with Crippen molar-refractivity contribution in [3.8, 4) is 0 Å². The standard InChI is InChI=1S/C17H30N2O/c1-17(2,3)16-8-6-15(7-9-16)14-19-11-5-10-18-12-13-20-4/h6-9,18-19H,5,10-14H2,1-4H3. The Balaban J connectivity index is 2.13. The lowest BCUT2D eigenvalue weighted by molar-refractivity contribution is 0.199. The van der Waals surface area contributed by atoms with Crippen molar-refractivity contribution < 1.29 is 4.74 Å². The van der Waals surface area contributed by atoms with E-state index >= 15 is 0 Å². The van der Waals surface area contributed by atoms with E-state index in [2.05, 4.69) is 55.7 Å². The molecule has 3 heteroatoms. The number of ether oxygens (including phenoxy) is 1. The molecular weight excluding hydrogens is 248 g/mol. The van der Waals surface area contributed by atoms with Crippen LogP contribution in [0.2, 0.25) is 0 Å². The topological polar surface area (TPSA) is 33.3 Å². The predicted molar refractivity (Wildman–Crippen MR) is 86.2 cm³/mol. The maximum atomic E-state index is 4.98. The van der Waals surface area contributed by atoms with Crippen LogP contribution in [0.15, 0.2) is 24.3 Å². The number of hydrogen-bond donors (Lipinski definition) is 2. The highest BCUT2D eigenvalue weighted by atomic mass is 16.5. The van der Waals surface area contributed by atoms with Gasteiger partial charge in [0.25, 0.3) is 0 Å². The summed E-state index contributed by atoms with van der Waals surface area (Å²) in [5.41, 5.74) is 2.98. The van der Waals surface area contributed by atoms with Gasteiger partial charge in [-0.3, -0.25) is 0 Å². The molecule has 0 bridgehead atoms. The summed E-state index contributed by atoms with van der Waals surface area (Å²) in [5, 5.41) is 6.82. The van der Waals surface area contributed by atoms with E-state index in [-0.39, 0.29) is 5.41 Å². The molecule has 0 aliphatic rings. The van der Waals surface area contributed by atoms with Crippen LogP contribution in [0.25, 0.3) is 0 Å². The molecule has 0 spiro atoms. The van der Waals surface area contributed by atoms with Crippen LogP contribution in [0.1, 0.15) is 38.3 Å². The van der Waals surface area contributed by atoms with E-state index in [1.54, 1.807) is 7.11 Å². The number of rotatable bonds is 9. The highest BCUT2D eigenvalue weighted by Crippen LogP contribution is 2.22. The van der Waals surface area contributed by atoms with E-state index in [0.29, 0.717) is 0 Å². The lowest BCUT2D eigenvalue weighted by atomic mass is 9.87. The highest BCUT2D eigenvalue weighted by molar-refractivity contribution is 5.27. The van der Waals surface area contributed by atoms with Gasteiger partial charge in [0.1, 0.15) is 0 Å².